The molecule has 0 bridgehead atoms. The van der Waals surface area contributed by atoms with Crippen molar-refractivity contribution in [2.45, 2.75) is 45.7 Å². The standard InChI is InChI=1S/C25H25F3N2O4/c1-15(2)24-18(13-30(29-24)20-8-6-19(7-9-20)25(26,27)28)4-10-21(31)17-5-11-22(16(3)12-17)34-14-23(32)33/h5-9,11-13,15H,4,10,14H2,1-3H3,(H,32,33)/p-1. The Morgan fingerprint density at radius 2 is 1.79 bits per heavy atom. The number of ether oxygens (including phenoxy) is 1. The van der Waals surface area contributed by atoms with Gasteiger partial charge in [-0.25, -0.2) is 4.68 Å². The fourth-order valence-electron chi connectivity index (χ4n) is 3.55. The molecule has 1 aromatic heterocycles. The van der Waals surface area contributed by atoms with Crippen LogP contribution in [0.1, 0.15) is 58.9 Å². The second-order valence-electron chi connectivity index (χ2n) is 8.25. The molecule has 6 nitrogen and oxygen atoms in total. The first-order chi connectivity index (χ1) is 16.0. The van der Waals surface area contributed by atoms with E-state index >= 15 is 0 Å². The van der Waals surface area contributed by atoms with Crippen LogP contribution in [-0.2, 0) is 17.4 Å². The number of Topliss-reactive ketones (excluding diaryl/α,β-unsaturated/α-hetero) is 1. The number of carbonyl (C=O) groups is 2. The molecule has 3 rings (SSSR count). The summed E-state index contributed by atoms with van der Waals surface area (Å²) in [5.41, 5.74) is 2.48. The summed E-state index contributed by atoms with van der Waals surface area (Å²) in [7, 11) is 0. The van der Waals surface area contributed by atoms with Crippen LogP contribution in [0.5, 0.6) is 5.75 Å². The summed E-state index contributed by atoms with van der Waals surface area (Å²) in [6.07, 6.45) is -2.05. The fourth-order valence-corrected chi connectivity index (χ4v) is 3.55. The average Bonchev–Trinajstić information content (AvgIpc) is 3.20. The normalized spacial score (nSPS) is 11.6. The molecular weight excluding hydrogens is 449 g/mol. The van der Waals surface area contributed by atoms with Crippen molar-refractivity contribution in [1.82, 2.24) is 9.78 Å². The Labute approximate surface area is 195 Å². The fraction of sp³-hybridized carbons (Fsp3) is 0.320. The molecule has 0 aliphatic heterocycles. The van der Waals surface area contributed by atoms with Crippen LogP contribution in [-0.4, -0.2) is 28.1 Å². The number of carbonyl (C=O) groups excluding carboxylic acids is 2. The van der Waals surface area contributed by atoms with Gasteiger partial charge in [-0.2, -0.15) is 18.3 Å². The number of halogens is 3. The summed E-state index contributed by atoms with van der Waals surface area (Å²) < 4.78 is 45.2. The van der Waals surface area contributed by atoms with E-state index in [9.17, 15) is 27.9 Å². The minimum absolute atomic E-state index is 0.0585. The minimum Gasteiger partial charge on any atom is -0.546 e. The first kappa shape index (κ1) is 25.0. The summed E-state index contributed by atoms with van der Waals surface area (Å²) in [4.78, 5) is 23.3. The van der Waals surface area contributed by atoms with Crippen molar-refractivity contribution in [1.29, 1.82) is 0 Å². The minimum atomic E-state index is -4.41. The van der Waals surface area contributed by atoms with E-state index in [-0.39, 0.29) is 18.1 Å². The molecule has 0 radical (unpaired) electrons. The van der Waals surface area contributed by atoms with Crippen molar-refractivity contribution in [3.8, 4) is 11.4 Å². The van der Waals surface area contributed by atoms with E-state index < -0.39 is 24.3 Å². The second kappa shape index (κ2) is 10.1. The molecule has 0 aliphatic carbocycles. The van der Waals surface area contributed by atoms with Crippen LogP contribution in [0.25, 0.3) is 5.69 Å². The van der Waals surface area contributed by atoms with E-state index in [4.69, 9.17) is 4.74 Å². The Morgan fingerprint density at radius 3 is 2.35 bits per heavy atom. The molecule has 3 aromatic rings. The number of carboxylic acids is 1. The smallest absolute Gasteiger partial charge is 0.416 e. The lowest BCUT2D eigenvalue weighted by atomic mass is 9.98. The van der Waals surface area contributed by atoms with Gasteiger partial charge in [-0.3, -0.25) is 4.79 Å². The molecule has 9 heteroatoms. The van der Waals surface area contributed by atoms with Crippen LogP contribution in [0.2, 0.25) is 0 Å². The highest BCUT2D eigenvalue weighted by molar-refractivity contribution is 5.96. The third kappa shape index (κ3) is 6.03. The van der Waals surface area contributed by atoms with Crippen LogP contribution in [0.15, 0.2) is 48.7 Å². The first-order valence-electron chi connectivity index (χ1n) is 10.7. The molecule has 0 spiro atoms. The summed E-state index contributed by atoms with van der Waals surface area (Å²) in [6.45, 7) is 5.06. The summed E-state index contributed by atoms with van der Waals surface area (Å²) in [5.74, 6) is -1.02. The van der Waals surface area contributed by atoms with Crippen molar-refractivity contribution in [2.24, 2.45) is 0 Å². The molecule has 0 amide bonds. The number of carboxylic acid groups (broad SMARTS) is 1. The van der Waals surface area contributed by atoms with Crippen molar-refractivity contribution in [3.63, 3.8) is 0 Å². The van der Waals surface area contributed by atoms with Gasteiger partial charge in [0.25, 0.3) is 0 Å². The summed E-state index contributed by atoms with van der Waals surface area (Å²) in [5, 5.41) is 15.1. The van der Waals surface area contributed by atoms with E-state index in [0.29, 0.717) is 29.0 Å². The van der Waals surface area contributed by atoms with Gasteiger partial charge in [0.2, 0.25) is 0 Å². The number of hydrogen-bond donors (Lipinski definition) is 0. The Kier molecular flexibility index (Phi) is 7.44. The lowest BCUT2D eigenvalue weighted by Crippen LogP contribution is -2.29. The lowest BCUT2D eigenvalue weighted by molar-refractivity contribution is -0.307. The number of hydrogen-bond acceptors (Lipinski definition) is 5. The van der Waals surface area contributed by atoms with Gasteiger partial charge in [-0.15, -0.1) is 0 Å². The highest BCUT2D eigenvalue weighted by Gasteiger charge is 2.30. The van der Waals surface area contributed by atoms with Gasteiger partial charge >= 0.3 is 6.18 Å². The molecule has 1 heterocycles. The molecule has 2 aromatic carbocycles. The van der Waals surface area contributed by atoms with Crippen molar-refractivity contribution < 1.29 is 32.6 Å². The predicted octanol–water partition coefficient (Wildman–Crippen LogP) is 4.27. The largest absolute Gasteiger partial charge is 0.546 e. The predicted molar refractivity (Wildman–Crippen MR) is 117 cm³/mol. The summed E-state index contributed by atoms with van der Waals surface area (Å²) in [6, 6.07) is 9.52. The molecule has 34 heavy (non-hydrogen) atoms. The van der Waals surface area contributed by atoms with Gasteiger partial charge in [0.15, 0.2) is 5.78 Å². The molecule has 0 atom stereocenters. The monoisotopic (exact) mass is 473 g/mol. The second-order valence-corrected chi connectivity index (χ2v) is 8.25. The molecule has 180 valence electrons. The maximum absolute atomic E-state index is 12.8. The van der Waals surface area contributed by atoms with Crippen molar-refractivity contribution >= 4 is 11.8 Å². The van der Waals surface area contributed by atoms with Gasteiger partial charge in [0, 0.05) is 18.2 Å². The van der Waals surface area contributed by atoms with Crippen molar-refractivity contribution in [3.05, 3.63) is 76.6 Å². The number of rotatable bonds is 9. The molecule has 0 saturated carbocycles. The molecule has 0 aliphatic rings. The molecular formula is C25H24F3N2O4-. The van der Waals surface area contributed by atoms with Crippen LogP contribution in [0.4, 0.5) is 13.2 Å². The Hall–Kier alpha value is -3.62. The number of aromatic nitrogens is 2. The number of aryl methyl sites for hydroxylation is 2. The third-order valence-corrected chi connectivity index (χ3v) is 5.29. The number of aliphatic carboxylic acids is 1. The molecule has 0 saturated heterocycles. The zero-order chi connectivity index (χ0) is 25.0. The zero-order valence-corrected chi connectivity index (χ0v) is 19.0. The molecule has 0 fully saturated rings. The summed E-state index contributed by atoms with van der Waals surface area (Å²) >= 11 is 0. The maximum atomic E-state index is 12.8. The first-order valence-corrected chi connectivity index (χ1v) is 10.7. The van der Waals surface area contributed by atoms with Gasteiger partial charge in [-0.1, -0.05) is 13.8 Å². The van der Waals surface area contributed by atoms with Crippen LogP contribution >= 0.6 is 0 Å². The van der Waals surface area contributed by atoms with Gasteiger partial charge < -0.3 is 14.6 Å². The average molecular weight is 473 g/mol. The highest BCUT2D eigenvalue weighted by Crippen LogP contribution is 2.30. The topological polar surface area (TPSA) is 84.2 Å². The Bertz CT molecular complexity index is 1180. The van der Waals surface area contributed by atoms with E-state index in [1.807, 2.05) is 13.8 Å². The van der Waals surface area contributed by atoms with Gasteiger partial charge in [-0.05, 0) is 72.9 Å². The molecule has 0 N–H and O–H groups in total. The zero-order valence-electron chi connectivity index (χ0n) is 19.0. The van der Waals surface area contributed by atoms with Crippen LogP contribution < -0.4 is 9.84 Å². The lowest BCUT2D eigenvalue weighted by Gasteiger charge is -2.11. The van der Waals surface area contributed by atoms with Crippen LogP contribution in [0.3, 0.4) is 0 Å². The number of nitrogens with zero attached hydrogens (tertiary/aromatic N) is 2. The number of ketones is 1. The van der Waals surface area contributed by atoms with Gasteiger partial charge in [0.1, 0.15) is 12.4 Å². The van der Waals surface area contributed by atoms with E-state index in [2.05, 4.69) is 5.10 Å². The van der Waals surface area contributed by atoms with E-state index in [1.165, 1.54) is 16.8 Å². The SMILES string of the molecule is Cc1cc(C(=O)CCc2cn(-c3ccc(C(F)(F)F)cc3)nc2C(C)C)ccc1OCC(=O)[O-]. The van der Waals surface area contributed by atoms with Crippen molar-refractivity contribution in [2.75, 3.05) is 6.61 Å². The van der Waals surface area contributed by atoms with Crippen LogP contribution in [0, 0.1) is 6.92 Å². The van der Waals surface area contributed by atoms with Gasteiger partial charge in [0.05, 0.1) is 22.9 Å². The quantitative estimate of drug-likeness (QED) is 0.434. The Balaban J connectivity index is 1.74. The highest BCUT2D eigenvalue weighted by atomic mass is 19.4. The maximum Gasteiger partial charge on any atom is 0.416 e. The number of benzene rings is 2. The third-order valence-electron chi connectivity index (χ3n) is 5.29. The number of alkyl halides is 3. The van der Waals surface area contributed by atoms with E-state index in [0.717, 1.165) is 23.4 Å². The van der Waals surface area contributed by atoms with E-state index in [1.54, 1.807) is 31.3 Å². The Morgan fingerprint density at radius 1 is 1.12 bits per heavy atom. The molecule has 0 unspecified atom stereocenters.